The molecule has 0 aliphatic carbocycles. The third-order valence-corrected chi connectivity index (χ3v) is 2.66. The van der Waals surface area contributed by atoms with Gasteiger partial charge in [-0.15, -0.1) is 11.6 Å². The Bertz CT molecular complexity index is 659. The summed E-state index contributed by atoms with van der Waals surface area (Å²) < 4.78 is 5.21. The van der Waals surface area contributed by atoms with Gasteiger partial charge in [0, 0.05) is 17.9 Å². The van der Waals surface area contributed by atoms with Crippen molar-refractivity contribution < 1.29 is 4.42 Å². The zero-order valence-corrected chi connectivity index (χ0v) is 10.2. The van der Waals surface area contributed by atoms with Crippen molar-refractivity contribution in [2.75, 3.05) is 5.88 Å². The average Bonchev–Trinajstić information content (AvgIpc) is 2.31. The first-order valence-corrected chi connectivity index (χ1v) is 5.80. The molecular formula is C14H11ClO2. The number of hydrogen-bond donors (Lipinski definition) is 0. The maximum Gasteiger partial charge on any atom is 0.336 e. The van der Waals surface area contributed by atoms with Gasteiger partial charge >= 0.3 is 5.63 Å². The second-order valence-corrected chi connectivity index (χ2v) is 3.97. The molecule has 0 fully saturated rings. The summed E-state index contributed by atoms with van der Waals surface area (Å²) in [6.45, 7) is 1.92. The van der Waals surface area contributed by atoms with E-state index < -0.39 is 0 Å². The van der Waals surface area contributed by atoms with Crippen LogP contribution in [0.3, 0.4) is 0 Å². The highest BCUT2D eigenvalue weighted by Gasteiger charge is 2.05. The predicted molar refractivity (Wildman–Crippen MR) is 69.4 cm³/mol. The van der Waals surface area contributed by atoms with Crippen molar-refractivity contribution in [3.8, 4) is 11.8 Å². The van der Waals surface area contributed by atoms with Crippen LogP contribution in [0.2, 0.25) is 0 Å². The molecule has 0 saturated carbocycles. The van der Waals surface area contributed by atoms with Gasteiger partial charge in [0.1, 0.15) is 5.58 Å². The van der Waals surface area contributed by atoms with E-state index in [9.17, 15) is 4.79 Å². The molecule has 0 radical (unpaired) electrons. The van der Waals surface area contributed by atoms with Crippen LogP contribution in [0, 0.1) is 18.8 Å². The lowest BCUT2D eigenvalue weighted by Gasteiger charge is -2.03. The SMILES string of the molecule is Cc1cccc2c(CC#CCCl)cc(=O)oc12. The molecule has 1 heterocycles. The van der Waals surface area contributed by atoms with E-state index in [0.717, 1.165) is 16.5 Å². The van der Waals surface area contributed by atoms with Gasteiger partial charge in [-0.2, -0.15) is 0 Å². The number of halogens is 1. The molecular weight excluding hydrogens is 236 g/mol. The van der Waals surface area contributed by atoms with E-state index in [0.29, 0.717) is 17.9 Å². The molecule has 17 heavy (non-hydrogen) atoms. The molecule has 0 aliphatic heterocycles. The molecule has 2 nitrogen and oxygen atoms in total. The second kappa shape index (κ2) is 5.07. The molecule has 0 saturated heterocycles. The number of alkyl halides is 1. The number of rotatable bonds is 1. The van der Waals surface area contributed by atoms with Gasteiger partial charge in [0.15, 0.2) is 0 Å². The first kappa shape index (κ1) is 11.8. The Morgan fingerprint density at radius 3 is 2.94 bits per heavy atom. The zero-order chi connectivity index (χ0) is 12.3. The molecule has 2 aromatic rings. The Labute approximate surface area is 104 Å². The van der Waals surface area contributed by atoms with Crippen molar-refractivity contribution in [1.29, 1.82) is 0 Å². The number of benzene rings is 1. The van der Waals surface area contributed by atoms with E-state index in [-0.39, 0.29) is 5.63 Å². The second-order valence-electron chi connectivity index (χ2n) is 3.71. The molecule has 0 amide bonds. The van der Waals surface area contributed by atoms with Crippen LogP contribution in [0.4, 0.5) is 0 Å². The minimum absolute atomic E-state index is 0.304. The number of para-hydroxylation sites is 1. The molecule has 0 unspecified atom stereocenters. The van der Waals surface area contributed by atoms with Gasteiger partial charge in [-0.3, -0.25) is 0 Å². The van der Waals surface area contributed by atoms with Gasteiger partial charge in [-0.25, -0.2) is 4.79 Å². The van der Waals surface area contributed by atoms with Gasteiger partial charge in [0.05, 0.1) is 5.88 Å². The Morgan fingerprint density at radius 2 is 2.18 bits per heavy atom. The van der Waals surface area contributed by atoms with Crippen molar-refractivity contribution in [2.24, 2.45) is 0 Å². The third-order valence-electron chi connectivity index (χ3n) is 2.52. The Balaban J connectivity index is 2.62. The fourth-order valence-electron chi connectivity index (χ4n) is 1.74. The fraction of sp³-hybridized carbons (Fsp3) is 0.214. The summed E-state index contributed by atoms with van der Waals surface area (Å²) >= 11 is 5.49. The smallest absolute Gasteiger partial charge is 0.336 e. The summed E-state index contributed by atoms with van der Waals surface area (Å²) in [4.78, 5) is 11.4. The average molecular weight is 247 g/mol. The Hall–Kier alpha value is -1.72. The van der Waals surface area contributed by atoms with Crippen molar-refractivity contribution >= 4 is 22.6 Å². The van der Waals surface area contributed by atoms with Crippen molar-refractivity contribution in [2.45, 2.75) is 13.3 Å². The summed E-state index contributed by atoms with van der Waals surface area (Å²) in [5.74, 6) is 6.01. The quantitative estimate of drug-likeness (QED) is 0.440. The van der Waals surface area contributed by atoms with Crippen LogP contribution in [0.5, 0.6) is 0 Å². The van der Waals surface area contributed by atoms with Gasteiger partial charge in [-0.05, 0) is 18.1 Å². The van der Waals surface area contributed by atoms with Gasteiger partial charge < -0.3 is 4.42 Å². The Morgan fingerprint density at radius 1 is 1.35 bits per heavy atom. The monoisotopic (exact) mass is 246 g/mol. The van der Waals surface area contributed by atoms with E-state index in [1.807, 2.05) is 25.1 Å². The standard InChI is InChI=1S/C14H11ClO2/c1-10-5-4-7-12-11(6-2-3-8-15)9-13(16)17-14(10)12/h4-5,7,9H,6,8H2,1H3. The highest BCUT2D eigenvalue weighted by atomic mass is 35.5. The molecule has 0 spiro atoms. The molecule has 0 N–H and O–H groups in total. The van der Waals surface area contributed by atoms with Crippen LogP contribution in [-0.4, -0.2) is 5.88 Å². The number of hydrogen-bond acceptors (Lipinski definition) is 2. The first-order chi connectivity index (χ1) is 8.22. The fourth-order valence-corrected chi connectivity index (χ4v) is 1.84. The zero-order valence-electron chi connectivity index (χ0n) is 9.42. The minimum atomic E-state index is -0.338. The van der Waals surface area contributed by atoms with Gasteiger partial charge in [0.2, 0.25) is 0 Å². The maximum atomic E-state index is 11.4. The Kier molecular flexibility index (Phi) is 3.51. The highest BCUT2D eigenvalue weighted by Crippen LogP contribution is 2.20. The number of aryl methyl sites for hydroxylation is 1. The van der Waals surface area contributed by atoms with Crippen LogP contribution in [0.1, 0.15) is 11.1 Å². The first-order valence-electron chi connectivity index (χ1n) is 5.26. The largest absolute Gasteiger partial charge is 0.422 e. The van der Waals surface area contributed by atoms with Crippen LogP contribution in [0.15, 0.2) is 33.5 Å². The van der Waals surface area contributed by atoms with E-state index in [4.69, 9.17) is 16.0 Å². The highest BCUT2D eigenvalue weighted by molar-refractivity contribution is 6.19. The van der Waals surface area contributed by atoms with Crippen molar-refractivity contribution in [3.63, 3.8) is 0 Å². The van der Waals surface area contributed by atoms with Gasteiger partial charge in [-0.1, -0.05) is 30.0 Å². The minimum Gasteiger partial charge on any atom is -0.422 e. The normalized spacial score (nSPS) is 10.0. The summed E-state index contributed by atoms with van der Waals surface area (Å²) in [6, 6.07) is 7.28. The van der Waals surface area contributed by atoms with Crippen LogP contribution in [0.25, 0.3) is 11.0 Å². The summed E-state index contributed by atoms with van der Waals surface area (Å²) in [5, 5.41) is 0.938. The maximum absolute atomic E-state index is 11.4. The molecule has 2 rings (SSSR count). The molecule has 86 valence electrons. The van der Waals surface area contributed by atoms with E-state index in [1.54, 1.807) is 0 Å². The van der Waals surface area contributed by atoms with Crippen molar-refractivity contribution in [3.05, 3.63) is 45.8 Å². The molecule has 3 heteroatoms. The van der Waals surface area contributed by atoms with Crippen molar-refractivity contribution in [1.82, 2.24) is 0 Å². The van der Waals surface area contributed by atoms with Crippen LogP contribution in [-0.2, 0) is 6.42 Å². The molecule has 0 atom stereocenters. The van der Waals surface area contributed by atoms with Crippen LogP contribution < -0.4 is 5.63 Å². The lowest BCUT2D eigenvalue weighted by atomic mass is 10.1. The third kappa shape index (κ3) is 2.51. The van der Waals surface area contributed by atoms with E-state index in [1.165, 1.54) is 6.07 Å². The van der Waals surface area contributed by atoms with E-state index in [2.05, 4.69) is 11.8 Å². The topological polar surface area (TPSA) is 30.2 Å². The van der Waals surface area contributed by atoms with Crippen LogP contribution >= 0.6 is 11.6 Å². The summed E-state index contributed by atoms with van der Waals surface area (Å²) in [7, 11) is 0. The molecule has 0 bridgehead atoms. The molecule has 0 aliphatic rings. The van der Waals surface area contributed by atoms with E-state index >= 15 is 0 Å². The summed E-state index contributed by atoms with van der Waals surface area (Å²) in [5.41, 5.74) is 2.14. The predicted octanol–water partition coefficient (Wildman–Crippen LogP) is 2.89. The molecule has 1 aromatic carbocycles. The lowest BCUT2D eigenvalue weighted by Crippen LogP contribution is -2.01. The molecule has 1 aromatic heterocycles. The summed E-state index contributed by atoms with van der Waals surface area (Å²) in [6.07, 6.45) is 0.512. The number of fused-ring (bicyclic) bond motifs is 1. The van der Waals surface area contributed by atoms with Gasteiger partial charge in [0.25, 0.3) is 0 Å². The lowest BCUT2D eigenvalue weighted by molar-refractivity contribution is 0.557.